The summed E-state index contributed by atoms with van der Waals surface area (Å²) in [5, 5.41) is 13.9. The van der Waals surface area contributed by atoms with E-state index in [1.165, 1.54) is 18.9 Å². The average molecular weight is 450 g/mol. The molecule has 164 valence electrons. The standard InChI is InChI=1S/C24H23N3O4S/c1-4-31-24(29)20-15(2)27-22(32-14-18-7-5-6-12-26-18)19(13-25)21(20)16-8-10-17(11-9-16)23(28)30-3/h5-12,21,27H,4,14H2,1-3H3/t21-/m1/s1. The van der Waals surface area contributed by atoms with Gasteiger partial charge >= 0.3 is 11.9 Å². The fourth-order valence-corrected chi connectivity index (χ4v) is 4.41. The van der Waals surface area contributed by atoms with Crippen LogP contribution in [0.15, 0.2) is 70.5 Å². The highest BCUT2D eigenvalue weighted by Gasteiger charge is 2.35. The normalized spacial score (nSPS) is 15.6. The third kappa shape index (κ3) is 5.01. The van der Waals surface area contributed by atoms with Crippen molar-refractivity contribution >= 4 is 23.7 Å². The van der Waals surface area contributed by atoms with Gasteiger partial charge < -0.3 is 14.8 Å². The zero-order valence-electron chi connectivity index (χ0n) is 18.0. The van der Waals surface area contributed by atoms with Gasteiger partial charge in [0, 0.05) is 17.6 Å². The van der Waals surface area contributed by atoms with Gasteiger partial charge in [-0.05, 0) is 43.7 Å². The second kappa shape index (κ2) is 10.6. The maximum Gasteiger partial charge on any atom is 0.337 e. The lowest BCUT2D eigenvalue weighted by atomic mass is 9.82. The van der Waals surface area contributed by atoms with Crippen molar-refractivity contribution in [2.75, 3.05) is 13.7 Å². The Bertz CT molecular complexity index is 1100. The van der Waals surface area contributed by atoms with Gasteiger partial charge in [-0.2, -0.15) is 5.26 Å². The van der Waals surface area contributed by atoms with E-state index >= 15 is 0 Å². The van der Waals surface area contributed by atoms with Crippen molar-refractivity contribution in [3.63, 3.8) is 0 Å². The SMILES string of the molecule is CCOC(=O)C1=C(C)NC(SCc2ccccn2)=C(C#N)[C@H]1c1ccc(C(=O)OC)cc1. The number of thioether (sulfide) groups is 1. The van der Waals surface area contributed by atoms with Crippen molar-refractivity contribution in [2.24, 2.45) is 0 Å². The van der Waals surface area contributed by atoms with Crippen LogP contribution in [0.4, 0.5) is 0 Å². The monoisotopic (exact) mass is 449 g/mol. The fraction of sp³-hybridized carbons (Fsp3) is 0.250. The number of ether oxygens (including phenoxy) is 2. The Balaban J connectivity index is 2.03. The number of pyridine rings is 1. The predicted octanol–water partition coefficient (Wildman–Crippen LogP) is 4.06. The van der Waals surface area contributed by atoms with E-state index in [0.29, 0.717) is 38.8 Å². The van der Waals surface area contributed by atoms with Crippen LogP contribution in [0.2, 0.25) is 0 Å². The molecular weight excluding hydrogens is 426 g/mol. The number of hydrogen-bond acceptors (Lipinski definition) is 8. The van der Waals surface area contributed by atoms with E-state index in [0.717, 1.165) is 5.69 Å². The first-order chi connectivity index (χ1) is 15.5. The molecule has 0 fully saturated rings. The summed E-state index contributed by atoms with van der Waals surface area (Å²) in [6, 6.07) is 14.7. The molecule has 0 spiro atoms. The second-order valence-electron chi connectivity index (χ2n) is 6.90. The van der Waals surface area contributed by atoms with Crippen LogP contribution in [0.25, 0.3) is 0 Å². The Kier molecular flexibility index (Phi) is 7.68. The summed E-state index contributed by atoms with van der Waals surface area (Å²) in [6.07, 6.45) is 1.72. The van der Waals surface area contributed by atoms with Crippen molar-refractivity contribution in [3.05, 3.63) is 87.4 Å². The number of hydrogen-bond donors (Lipinski definition) is 1. The average Bonchev–Trinajstić information content (AvgIpc) is 2.82. The van der Waals surface area contributed by atoms with Crippen LogP contribution in [0.1, 0.15) is 41.4 Å². The number of aromatic nitrogens is 1. The minimum Gasteiger partial charge on any atom is -0.465 e. The number of benzene rings is 1. The molecule has 1 N–H and O–H groups in total. The quantitative estimate of drug-likeness (QED) is 0.632. The zero-order valence-corrected chi connectivity index (χ0v) is 18.9. The van der Waals surface area contributed by atoms with Crippen LogP contribution >= 0.6 is 11.8 Å². The van der Waals surface area contributed by atoms with Gasteiger partial charge in [0.1, 0.15) is 0 Å². The lowest BCUT2D eigenvalue weighted by Crippen LogP contribution is -2.29. The van der Waals surface area contributed by atoms with Gasteiger partial charge in [-0.3, -0.25) is 4.98 Å². The molecule has 2 heterocycles. The Morgan fingerprint density at radius 2 is 1.94 bits per heavy atom. The molecule has 32 heavy (non-hydrogen) atoms. The summed E-state index contributed by atoms with van der Waals surface area (Å²) >= 11 is 1.45. The third-order valence-corrected chi connectivity index (χ3v) is 5.95. The minimum absolute atomic E-state index is 0.219. The number of methoxy groups -OCH3 is 1. The van der Waals surface area contributed by atoms with Crippen molar-refractivity contribution < 1.29 is 19.1 Å². The molecule has 2 aromatic rings. The number of rotatable bonds is 7. The largest absolute Gasteiger partial charge is 0.465 e. The summed E-state index contributed by atoms with van der Waals surface area (Å²) in [6.45, 7) is 3.74. The van der Waals surface area contributed by atoms with E-state index in [1.54, 1.807) is 44.3 Å². The highest BCUT2D eigenvalue weighted by atomic mass is 32.2. The van der Waals surface area contributed by atoms with E-state index in [2.05, 4.69) is 16.4 Å². The van der Waals surface area contributed by atoms with Gasteiger partial charge in [0.2, 0.25) is 0 Å². The summed E-state index contributed by atoms with van der Waals surface area (Å²) in [7, 11) is 1.32. The molecule has 0 aliphatic carbocycles. The van der Waals surface area contributed by atoms with Crippen LogP contribution in [0.3, 0.4) is 0 Å². The van der Waals surface area contributed by atoms with Crippen molar-refractivity contribution in [1.82, 2.24) is 10.3 Å². The number of carbonyl (C=O) groups excluding carboxylic acids is 2. The summed E-state index contributed by atoms with van der Waals surface area (Å²) < 4.78 is 10.0. The number of nitrogens with zero attached hydrogens (tertiary/aromatic N) is 2. The molecule has 0 unspecified atom stereocenters. The lowest BCUT2D eigenvalue weighted by Gasteiger charge is -2.29. The molecular formula is C24H23N3O4S. The second-order valence-corrected chi connectivity index (χ2v) is 7.88. The molecule has 8 heteroatoms. The number of carbonyl (C=O) groups is 2. The van der Waals surface area contributed by atoms with Gasteiger partial charge in [-0.15, -0.1) is 11.8 Å². The van der Waals surface area contributed by atoms with Gasteiger partial charge in [0.25, 0.3) is 0 Å². The Hall–Kier alpha value is -3.57. The fourth-order valence-electron chi connectivity index (χ4n) is 3.40. The van der Waals surface area contributed by atoms with Gasteiger partial charge in [0.15, 0.2) is 0 Å². The Morgan fingerprint density at radius 1 is 1.19 bits per heavy atom. The van der Waals surface area contributed by atoms with Gasteiger partial charge in [-0.1, -0.05) is 18.2 Å². The predicted molar refractivity (Wildman–Crippen MR) is 121 cm³/mol. The summed E-state index contributed by atoms with van der Waals surface area (Å²) in [5.41, 5.74) is 3.36. The molecule has 0 saturated carbocycles. The first kappa shape index (κ1) is 23.1. The van der Waals surface area contributed by atoms with Gasteiger partial charge in [0.05, 0.1) is 53.1 Å². The van der Waals surface area contributed by atoms with Crippen LogP contribution in [0, 0.1) is 11.3 Å². The van der Waals surface area contributed by atoms with E-state index in [-0.39, 0.29) is 6.61 Å². The molecule has 0 saturated heterocycles. The molecule has 1 aliphatic rings. The first-order valence-electron chi connectivity index (χ1n) is 10.00. The summed E-state index contributed by atoms with van der Waals surface area (Å²) in [4.78, 5) is 29.0. The molecule has 0 amide bonds. The molecule has 7 nitrogen and oxygen atoms in total. The van der Waals surface area contributed by atoms with E-state index in [9.17, 15) is 14.9 Å². The maximum atomic E-state index is 12.8. The number of nitrogens with one attached hydrogen (secondary N) is 1. The number of esters is 2. The van der Waals surface area contributed by atoms with Crippen LogP contribution in [0.5, 0.6) is 0 Å². The molecule has 0 bridgehead atoms. The molecule has 3 rings (SSSR count). The number of dihydropyridines is 1. The van der Waals surface area contributed by atoms with Crippen molar-refractivity contribution in [3.8, 4) is 6.07 Å². The van der Waals surface area contributed by atoms with E-state index in [1.807, 2.05) is 18.2 Å². The lowest BCUT2D eigenvalue weighted by molar-refractivity contribution is -0.138. The zero-order chi connectivity index (χ0) is 23.1. The molecule has 0 radical (unpaired) electrons. The molecule has 1 aromatic heterocycles. The minimum atomic E-state index is -0.627. The Morgan fingerprint density at radius 3 is 2.53 bits per heavy atom. The van der Waals surface area contributed by atoms with Crippen molar-refractivity contribution in [2.45, 2.75) is 25.5 Å². The smallest absolute Gasteiger partial charge is 0.337 e. The van der Waals surface area contributed by atoms with E-state index in [4.69, 9.17) is 9.47 Å². The highest BCUT2D eigenvalue weighted by molar-refractivity contribution is 8.02. The molecule has 1 atom stereocenters. The summed E-state index contributed by atoms with van der Waals surface area (Å²) in [5.74, 6) is -1.01. The van der Waals surface area contributed by atoms with E-state index < -0.39 is 17.9 Å². The van der Waals surface area contributed by atoms with Crippen LogP contribution in [-0.2, 0) is 20.0 Å². The number of allylic oxidation sites excluding steroid dienone is 2. The first-order valence-corrected chi connectivity index (χ1v) is 11.0. The topological polar surface area (TPSA) is 101 Å². The van der Waals surface area contributed by atoms with Crippen LogP contribution in [-0.4, -0.2) is 30.6 Å². The third-order valence-electron chi connectivity index (χ3n) is 4.90. The van der Waals surface area contributed by atoms with Crippen molar-refractivity contribution in [1.29, 1.82) is 5.26 Å². The molecule has 1 aliphatic heterocycles. The maximum absolute atomic E-state index is 12.8. The molecule has 1 aromatic carbocycles. The van der Waals surface area contributed by atoms with Crippen LogP contribution < -0.4 is 5.32 Å². The number of nitriles is 1. The Labute approximate surface area is 191 Å². The van der Waals surface area contributed by atoms with Gasteiger partial charge in [-0.25, -0.2) is 9.59 Å². The highest BCUT2D eigenvalue weighted by Crippen LogP contribution is 2.41.